The largest absolute Gasteiger partial charge is 0.496 e. The van der Waals surface area contributed by atoms with Crippen molar-refractivity contribution in [3.8, 4) is 5.75 Å². The van der Waals surface area contributed by atoms with Crippen LogP contribution in [0.2, 0.25) is 0 Å². The number of nitrogens with zero attached hydrogens (tertiary/aromatic N) is 2. The maximum atomic E-state index is 14.1. The van der Waals surface area contributed by atoms with Gasteiger partial charge in [0.1, 0.15) is 18.3 Å². The molecule has 1 atom stereocenters. The molecule has 2 amide bonds. The molecule has 3 rings (SSSR count). The Balaban J connectivity index is 2.03. The van der Waals surface area contributed by atoms with E-state index in [4.69, 9.17) is 4.74 Å². The molecule has 3 aromatic carbocycles. The van der Waals surface area contributed by atoms with Crippen LogP contribution in [0.1, 0.15) is 38.3 Å². The fourth-order valence-electron chi connectivity index (χ4n) is 4.45. The SMILES string of the molecule is CC[C@@H](C(=O)NC(C)C)N(CCc1ccccc1)C(=O)CN(c1ccc(C)cc1)S(=O)(=O)c1ccc(OC)c(Br)c1. The van der Waals surface area contributed by atoms with Crippen LogP contribution in [0.15, 0.2) is 82.2 Å². The molecule has 0 aromatic heterocycles. The Morgan fingerprint density at radius 3 is 2.22 bits per heavy atom. The maximum Gasteiger partial charge on any atom is 0.264 e. The van der Waals surface area contributed by atoms with Gasteiger partial charge in [-0.1, -0.05) is 55.0 Å². The predicted molar refractivity (Wildman–Crippen MR) is 166 cm³/mol. The Labute approximate surface area is 251 Å². The lowest BCUT2D eigenvalue weighted by Gasteiger charge is -2.33. The van der Waals surface area contributed by atoms with Crippen LogP contribution in [-0.4, -0.2) is 57.4 Å². The molecule has 220 valence electrons. The average molecular weight is 645 g/mol. The molecule has 0 saturated heterocycles. The number of benzene rings is 3. The highest BCUT2D eigenvalue weighted by Gasteiger charge is 2.33. The third-order valence-corrected chi connectivity index (χ3v) is 9.00. The zero-order valence-electron chi connectivity index (χ0n) is 24.1. The van der Waals surface area contributed by atoms with E-state index in [9.17, 15) is 18.0 Å². The van der Waals surface area contributed by atoms with E-state index in [0.717, 1.165) is 15.4 Å². The van der Waals surface area contributed by atoms with Gasteiger partial charge in [-0.25, -0.2) is 8.42 Å². The second kappa shape index (κ2) is 14.5. The van der Waals surface area contributed by atoms with E-state index in [1.807, 2.05) is 58.0 Å². The first kappa shape index (κ1) is 32.1. The number of anilines is 1. The average Bonchev–Trinajstić information content (AvgIpc) is 2.94. The summed E-state index contributed by atoms with van der Waals surface area (Å²) < 4.78 is 34.9. The van der Waals surface area contributed by atoms with E-state index in [2.05, 4.69) is 21.2 Å². The molecule has 3 aromatic rings. The van der Waals surface area contributed by atoms with Crippen molar-refractivity contribution >= 4 is 43.5 Å². The number of carbonyl (C=O) groups excluding carboxylic acids is 2. The minimum atomic E-state index is -4.18. The highest BCUT2D eigenvalue weighted by molar-refractivity contribution is 9.10. The van der Waals surface area contributed by atoms with Crippen molar-refractivity contribution in [3.63, 3.8) is 0 Å². The molecule has 0 radical (unpaired) electrons. The van der Waals surface area contributed by atoms with Gasteiger partial charge < -0.3 is 15.0 Å². The molecule has 0 aliphatic heterocycles. The Bertz CT molecular complexity index is 1430. The normalized spacial score (nSPS) is 12.1. The molecule has 8 nitrogen and oxygen atoms in total. The summed E-state index contributed by atoms with van der Waals surface area (Å²) in [4.78, 5) is 28.8. The number of hydrogen-bond acceptors (Lipinski definition) is 5. The first-order valence-corrected chi connectivity index (χ1v) is 15.8. The number of aryl methyl sites for hydroxylation is 1. The number of nitrogens with one attached hydrogen (secondary N) is 1. The molecule has 0 unspecified atom stereocenters. The third-order valence-electron chi connectivity index (χ3n) is 6.61. The van der Waals surface area contributed by atoms with Crippen LogP contribution < -0.4 is 14.4 Å². The summed E-state index contributed by atoms with van der Waals surface area (Å²) in [7, 11) is -2.69. The highest BCUT2D eigenvalue weighted by atomic mass is 79.9. The van der Waals surface area contributed by atoms with Gasteiger partial charge in [-0.05, 0) is 85.4 Å². The quantitative estimate of drug-likeness (QED) is 0.271. The van der Waals surface area contributed by atoms with Crippen molar-refractivity contribution < 1.29 is 22.7 Å². The summed E-state index contributed by atoms with van der Waals surface area (Å²) >= 11 is 3.37. The van der Waals surface area contributed by atoms with Crippen LogP contribution in [0.3, 0.4) is 0 Å². The fraction of sp³-hybridized carbons (Fsp3) is 0.355. The minimum absolute atomic E-state index is 0.000946. The maximum absolute atomic E-state index is 14.1. The zero-order chi connectivity index (χ0) is 30.2. The van der Waals surface area contributed by atoms with E-state index >= 15 is 0 Å². The molecule has 0 heterocycles. The Hall–Kier alpha value is -3.37. The van der Waals surface area contributed by atoms with Crippen molar-refractivity contribution in [2.24, 2.45) is 0 Å². The van der Waals surface area contributed by atoms with Gasteiger partial charge in [-0.2, -0.15) is 0 Å². The minimum Gasteiger partial charge on any atom is -0.496 e. The number of methoxy groups -OCH3 is 1. The molecule has 41 heavy (non-hydrogen) atoms. The van der Waals surface area contributed by atoms with Crippen molar-refractivity contribution in [1.82, 2.24) is 10.2 Å². The van der Waals surface area contributed by atoms with Gasteiger partial charge in [0.2, 0.25) is 11.8 Å². The molecule has 0 aliphatic carbocycles. The smallest absolute Gasteiger partial charge is 0.264 e. The number of sulfonamides is 1. The zero-order valence-corrected chi connectivity index (χ0v) is 26.5. The van der Waals surface area contributed by atoms with Crippen LogP contribution in [-0.2, 0) is 26.0 Å². The fourth-order valence-corrected chi connectivity index (χ4v) is 6.58. The lowest BCUT2D eigenvalue weighted by Crippen LogP contribution is -2.54. The van der Waals surface area contributed by atoms with Gasteiger partial charge in [0.15, 0.2) is 0 Å². The van der Waals surface area contributed by atoms with Crippen molar-refractivity contribution in [3.05, 3.63) is 88.4 Å². The number of carbonyl (C=O) groups is 2. The molecular formula is C31H38BrN3O5S. The van der Waals surface area contributed by atoms with E-state index in [1.54, 1.807) is 30.3 Å². The van der Waals surface area contributed by atoms with Gasteiger partial charge >= 0.3 is 0 Å². The van der Waals surface area contributed by atoms with Crippen LogP contribution in [0.4, 0.5) is 5.69 Å². The van der Waals surface area contributed by atoms with Gasteiger partial charge in [0.25, 0.3) is 10.0 Å². The van der Waals surface area contributed by atoms with Crippen LogP contribution in [0, 0.1) is 6.92 Å². The van der Waals surface area contributed by atoms with E-state index < -0.39 is 28.5 Å². The molecule has 0 saturated carbocycles. The molecule has 0 spiro atoms. The van der Waals surface area contributed by atoms with Gasteiger partial charge in [0, 0.05) is 12.6 Å². The van der Waals surface area contributed by atoms with Crippen molar-refractivity contribution in [2.45, 2.75) is 57.5 Å². The number of amides is 2. The van der Waals surface area contributed by atoms with Crippen LogP contribution in [0.25, 0.3) is 0 Å². The predicted octanol–water partition coefficient (Wildman–Crippen LogP) is 5.34. The molecule has 1 N–H and O–H groups in total. The first-order chi connectivity index (χ1) is 19.5. The second-order valence-electron chi connectivity index (χ2n) is 10.1. The van der Waals surface area contributed by atoms with Gasteiger partial charge in [0.05, 0.1) is 22.2 Å². The summed E-state index contributed by atoms with van der Waals surface area (Å²) in [6.07, 6.45) is 0.891. The van der Waals surface area contributed by atoms with E-state index in [1.165, 1.54) is 24.1 Å². The lowest BCUT2D eigenvalue weighted by molar-refractivity contribution is -0.139. The molecule has 0 bridgehead atoms. The van der Waals surface area contributed by atoms with Crippen LogP contribution in [0.5, 0.6) is 5.75 Å². The standard InChI is InChI=1S/C31H38BrN3O5S/c1-6-28(31(37)33-22(2)3)34(19-18-24-10-8-7-9-11-24)30(36)21-35(25-14-12-23(4)13-15-25)41(38,39)26-16-17-29(40-5)27(32)20-26/h7-17,20,22,28H,6,18-19,21H2,1-5H3,(H,33,37)/t28-/m0/s1. The summed E-state index contributed by atoms with van der Waals surface area (Å²) in [6.45, 7) is 7.24. The summed E-state index contributed by atoms with van der Waals surface area (Å²) in [5.74, 6) is -0.257. The van der Waals surface area contributed by atoms with Gasteiger partial charge in [-0.3, -0.25) is 13.9 Å². The van der Waals surface area contributed by atoms with Crippen LogP contribution >= 0.6 is 15.9 Å². The Morgan fingerprint density at radius 2 is 1.66 bits per heavy atom. The number of hydrogen-bond donors (Lipinski definition) is 1. The van der Waals surface area contributed by atoms with E-state index in [-0.39, 0.29) is 23.4 Å². The number of rotatable bonds is 13. The second-order valence-corrected chi connectivity index (χ2v) is 12.8. The first-order valence-electron chi connectivity index (χ1n) is 13.5. The monoisotopic (exact) mass is 643 g/mol. The summed E-state index contributed by atoms with van der Waals surface area (Å²) in [6, 6.07) is 20.2. The molecule has 0 fully saturated rings. The number of halogens is 1. The van der Waals surface area contributed by atoms with Crippen molar-refractivity contribution in [2.75, 3.05) is 24.5 Å². The lowest BCUT2D eigenvalue weighted by atomic mass is 10.1. The number of ether oxygens (including phenoxy) is 1. The summed E-state index contributed by atoms with van der Waals surface area (Å²) in [5, 5.41) is 2.91. The molecule has 10 heteroatoms. The summed E-state index contributed by atoms with van der Waals surface area (Å²) in [5.41, 5.74) is 2.31. The Kier molecular flexibility index (Phi) is 11.4. The molecular weight excluding hydrogens is 606 g/mol. The Morgan fingerprint density at radius 1 is 1.00 bits per heavy atom. The highest BCUT2D eigenvalue weighted by Crippen LogP contribution is 2.31. The van der Waals surface area contributed by atoms with E-state index in [0.29, 0.717) is 28.8 Å². The van der Waals surface area contributed by atoms with Gasteiger partial charge in [-0.15, -0.1) is 0 Å². The molecule has 0 aliphatic rings. The third kappa shape index (κ3) is 8.33. The van der Waals surface area contributed by atoms with Crippen molar-refractivity contribution in [1.29, 1.82) is 0 Å². The topological polar surface area (TPSA) is 96.0 Å².